The van der Waals surface area contributed by atoms with Crippen LogP contribution in [0.25, 0.3) is 10.8 Å². The molecule has 3 aromatic rings. The zero-order chi connectivity index (χ0) is 18.7. The first-order valence-corrected chi connectivity index (χ1v) is 8.55. The summed E-state index contributed by atoms with van der Waals surface area (Å²) < 4.78 is 1.34. The molecule has 0 unspecified atom stereocenters. The van der Waals surface area contributed by atoms with Gasteiger partial charge >= 0.3 is 0 Å². The molecule has 3 rings (SSSR count). The van der Waals surface area contributed by atoms with Crippen LogP contribution in [0.2, 0.25) is 0 Å². The number of amides is 1. The van der Waals surface area contributed by atoms with E-state index < -0.39 is 0 Å². The minimum Gasteiger partial charge on any atom is -0.508 e. The van der Waals surface area contributed by atoms with Crippen molar-refractivity contribution in [3.05, 3.63) is 70.1 Å². The molecule has 1 amide bonds. The van der Waals surface area contributed by atoms with Crippen LogP contribution in [-0.2, 0) is 6.42 Å². The normalized spacial score (nSPS) is 11.0. The summed E-state index contributed by atoms with van der Waals surface area (Å²) in [5, 5.41) is 17.5. The van der Waals surface area contributed by atoms with Crippen LogP contribution >= 0.6 is 0 Å². The number of aromatic hydroxyl groups is 1. The highest BCUT2D eigenvalue weighted by atomic mass is 16.3. The molecule has 0 atom stereocenters. The second-order valence-electron chi connectivity index (χ2n) is 6.41. The number of benzene rings is 2. The van der Waals surface area contributed by atoms with E-state index in [9.17, 15) is 14.7 Å². The van der Waals surface area contributed by atoms with E-state index in [-0.39, 0.29) is 29.0 Å². The van der Waals surface area contributed by atoms with Gasteiger partial charge in [0.15, 0.2) is 5.69 Å². The summed E-state index contributed by atoms with van der Waals surface area (Å²) in [5.74, 6) is -0.0984. The van der Waals surface area contributed by atoms with E-state index in [0.717, 1.165) is 5.56 Å². The van der Waals surface area contributed by atoms with Gasteiger partial charge in [0.25, 0.3) is 11.5 Å². The summed E-state index contributed by atoms with van der Waals surface area (Å²) in [4.78, 5) is 25.2. The lowest BCUT2D eigenvalue weighted by Crippen LogP contribution is -2.32. The Morgan fingerprint density at radius 1 is 1.12 bits per heavy atom. The molecule has 0 aliphatic rings. The number of aromatic nitrogens is 2. The third-order valence-electron chi connectivity index (χ3n) is 4.17. The first kappa shape index (κ1) is 17.7. The molecule has 2 N–H and O–H groups in total. The maximum atomic E-state index is 12.7. The fourth-order valence-electron chi connectivity index (χ4n) is 2.79. The minimum atomic E-state index is -0.311. The lowest BCUT2D eigenvalue weighted by atomic mass is 10.1. The molecule has 2 aromatic carbocycles. The van der Waals surface area contributed by atoms with Crippen LogP contribution in [0.5, 0.6) is 5.75 Å². The van der Waals surface area contributed by atoms with Gasteiger partial charge in [-0.2, -0.15) is 5.10 Å². The monoisotopic (exact) mass is 351 g/mol. The molecule has 0 aliphatic heterocycles. The number of phenolic OH excluding ortho intramolecular Hbond substituents is 1. The molecule has 0 saturated heterocycles. The molecular formula is C20H21N3O3. The average molecular weight is 351 g/mol. The van der Waals surface area contributed by atoms with Gasteiger partial charge in [0.1, 0.15) is 5.75 Å². The van der Waals surface area contributed by atoms with Gasteiger partial charge in [0.05, 0.1) is 11.4 Å². The first-order chi connectivity index (χ1) is 12.5. The highest BCUT2D eigenvalue weighted by molar-refractivity contribution is 6.04. The van der Waals surface area contributed by atoms with Crippen LogP contribution in [0, 0.1) is 0 Å². The van der Waals surface area contributed by atoms with Gasteiger partial charge in [-0.3, -0.25) is 9.59 Å². The first-order valence-electron chi connectivity index (χ1n) is 8.55. The molecule has 0 aliphatic carbocycles. The van der Waals surface area contributed by atoms with E-state index in [2.05, 4.69) is 10.4 Å². The summed E-state index contributed by atoms with van der Waals surface area (Å²) in [6.07, 6.45) is 0.633. The average Bonchev–Trinajstić information content (AvgIpc) is 2.63. The Bertz CT molecular complexity index is 991. The number of hydrogen-bond donors (Lipinski definition) is 2. The third kappa shape index (κ3) is 3.59. The molecule has 6 heteroatoms. The SMILES string of the molecule is CC(C)n1nc(C(=O)NCCc2ccc(O)cc2)c2ccccc2c1=O. The Balaban J connectivity index is 1.84. The maximum Gasteiger partial charge on any atom is 0.274 e. The van der Waals surface area contributed by atoms with E-state index in [1.54, 1.807) is 36.4 Å². The fourth-order valence-corrected chi connectivity index (χ4v) is 2.79. The van der Waals surface area contributed by atoms with Gasteiger partial charge in [-0.25, -0.2) is 4.68 Å². The summed E-state index contributed by atoms with van der Waals surface area (Å²) in [6, 6.07) is 13.7. The predicted molar refractivity (Wildman–Crippen MR) is 101 cm³/mol. The molecule has 0 fully saturated rings. The molecule has 26 heavy (non-hydrogen) atoms. The van der Waals surface area contributed by atoms with Gasteiger partial charge in [0.2, 0.25) is 0 Å². The smallest absolute Gasteiger partial charge is 0.274 e. The van der Waals surface area contributed by atoms with Crippen LogP contribution in [0.3, 0.4) is 0 Å². The molecule has 0 spiro atoms. The summed E-state index contributed by atoms with van der Waals surface area (Å²) >= 11 is 0. The van der Waals surface area contributed by atoms with Crippen LogP contribution in [0.15, 0.2) is 53.3 Å². The molecule has 1 aromatic heterocycles. The van der Waals surface area contributed by atoms with Crippen molar-refractivity contribution in [1.82, 2.24) is 15.1 Å². The lowest BCUT2D eigenvalue weighted by molar-refractivity contribution is 0.0948. The maximum absolute atomic E-state index is 12.7. The number of carbonyl (C=O) groups excluding carboxylic acids is 1. The van der Waals surface area contributed by atoms with Crippen molar-refractivity contribution in [2.45, 2.75) is 26.3 Å². The van der Waals surface area contributed by atoms with Crippen molar-refractivity contribution in [3.63, 3.8) is 0 Å². The standard InChI is InChI=1S/C20H21N3O3/c1-13(2)23-20(26)17-6-4-3-5-16(17)18(22-23)19(25)21-12-11-14-7-9-15(24)10-8-14/h3-10,13,24H,11-12H2,1-2H3,(H,21,25). The molecule has 0 saturated carbocycles. The van der Waals surface area contributed by atoms with Crippen molar-refractivity contribution in [2.75, 3.05) is 6.54 Å². The summed E-state index contributed by atoms with van der Waals surface area (Å²) in [7, 11) is 0. The topological polar surface area (TPSA) is 84.2 Å². The number of nitrogens with one attached hydrogen (secondary N) is 1. The van der Waals surface area contributed by atoms with Crippen LogP contribution < -0.4 is 10.9 Å². The third-order valence-corrected chi connectivity index (χ3v) is 4.17. The van der Waals surface area contributed by atoms with E-state index >= 15 is 0 Å². The van der Waals surface area contributed by atoms with Gasteiger partial charge in [0, 0.05) is 11.9 Å². The Kier molecular flexibility index (Phi) is 5.02. The van der Waals surface area contributed by atoms with Crippen molar-refractivity contribution in [1.29, 1.82) is 0 Å². The minimum absolute atomic E-state index is 0.143. The number of carbonyl (C=O) groups is 1. The van der Waals surface area contributed by atoms with Crippen LogP contribution in [0.1, 0.15) is 35.9 Å². The summed E-state index contributed by atoms with van der Waals surface area (Å²) in [5.41, 5.74) is 1.06. The lowest BCUT2D eigenvalue weighted by Gasteiger charge is -2.13. The zero-order valence-electron chi connectivity index (χ0n) is 14.8. The van der Waals surface area contributed by atoms with Crippen LogP contribution in [-0.4, -0.2) is 27.3 Å². The molecule has 0 bridgehead atoms. The van der Waals surface area contributed by atoms with E-state index in [0.29, 0.717) is 23.7 Å². The van der Waals surface area contributed by atoms with Crippen LogP contribution in [0.4, 0.5) is 0 Å². The second-order valence-corrected chi connectivity index (χ2v) is 6.41. The molecule has 1 heterocycles. The predicted octanol–water partition coefficient (Wildman–Crippen LogP) is 2.66. The zero-order valence-corrected chi connectivity index (χ0v) is 14.8. The number of rotatable bonds is 5. The van der Waals surface area contributed by atoms with E-state index in [1.807, 2.05) is 26.0 Å². The highest BCUT2D eigenvalue weighted by Crippen LogP contribution is 2.15. The summed E-state index contributed by atoms with van der Waals surface area (Å²) in [6.45, 7) is 4.14. The molecule has 0 radical (unpaired) electrons. The largest absolute Gasteiger partial charge is 0.508 e. The quantitative estimate of drug-likeness (QED) is 0.740. The van der Waals surface area contributed by atoms with Gasteiger partial charge in [-0.1, -0.05) is 30.3 Å². The Hall–Kier alpha value is -3.15. The van der Waals surface area contributed by atoms with Crippen molar-refractivity contribution in [3.8, 4) is 5.75 Å². The van der Waals surface area contributed by atoms with Crippen molar-refractivity contribution < 1.29 is 9.90 Å². The Morgan fingerprint density at radius 3 is 2.42 bits per heavy atom. The highest BCUT2D eigenvalue weighted by Gasteiger charge is 2.17. The Labute approximate surface area is 151 Å². The van der Waals surface area contributed by atoms with E-state index in [1.165, 1.54) is 4.68 Å². The Morgan fingerprint density at radius 2 is 1.77 bits per heavy atom. The van der Waals surface area contributed by atoms with Crippen molar-refractivity contribution in [2.24, 2.45) is 0 Å². The molecule has 6 nitrogen and oxygen atoms in total. The van der Waals surface area contributed by atoms with Crippen molar-refractivity contribution >= 4 is 16.7 Å². The number of hydrogen-bond acceptors (Lipinski definition) is 4. The van der Waals surface area contributed by atoms with E-state index in [4.69, 9.17) is 0 Å². The number of nitrogens with zero attached hydrogens (tertiary/aromatic N) is 2. The van der Waals surface area contributed by atoms with Gasteiger partial charge < -0.3 is 10.4 Å². The molecule has 134 valence electrons. The second kappa shape index (κ2) is 7.39. The molecular weight excluding hydrogens is 330 g/mol. The van der Waals surface area contributed by atoms with Gasteiger partial charge in [-0.15, -0.1) is 0 Å². The number of fused-ring (bicyclic) bond motifs is 1. The van der Waals surface area contributed by atoms with Gasteiger partial charge in [-0.05, 0) is 44.0 Å². The number of phenols is 1. The fraction of sp³-hybridized carbons (Fsp3) is 0.250.